The molecule has 2 nitrogen and oxygen atoms in total. The third-order valence-corrected chi connectivity index (χ3v) is 26.9. The second kappa shape index (κ2) is 14.6. The summed E-state index contributed by atoms with van der Waals surface area (Å²) in [6.45, 7) is 16.3. The Kier molecular flexibility index (Phi) is 13.9. The summed E-state index contributed by atoms with van der Waals surface area (Å²) in [5.74, 6) is 0.445. The molecule has 1 aliphatic rings. The van der Waals surface area contributed by atoms with Gasteiger partial charge in [0.1, 0.15) is 0 Å². The van der Waals surface area contributed by atoms with Crippen molar-refractivity contribution in [2.75, 3.05) is 0 Å². The first-order valence-electron chi connectivity index (χ1n) is 13.7. The van der Waals surface area contributed by atoms with Gasteiger partial charge in [0.25, 0.3) is 0 Å². The molecule has 31 heavy (non-hydrogen) atoms. The number of hydrogen-bond donors (Lipinski definition) is 0. The van der Waals surface area contributed by atoms with E-state index in [9.17, 15) is 4.79 Å². The molecule has 0 radical (unpaired) electrons. The average molecular weight is 558 g/mol. The van der Waals surface area contributed by atoms with Gasteiger partial charge in [-0.1, -0.05) is 0 Å². The normalized spacial score (nSPS) is 23.1. The molecule has 0 bridgehead atoms. The van der Waals surface area contributed by atoms with Crippen molar-refractivity contribution >= 4 is 32.5 Å². The van der Waals surface area contributed by atoms with Crippen LogP contribution in [-0.2, 0) is 9.22 Å². The molecule has 0 heterocycles. The molecule has 0 spiro atoms. The molecule has 4 heteroatoms. The zero-order chi connectivity index (χ0) is 23.4. The Labute approximate surface area is 200 Å². The first kappa shape index (κ1) is 29.4. The predicted molar refractivity (Wildman–Crippen MR) is 143 cm³/mol. The zero-order valence-electron chi connectivity index (χ0n) is 22.2. The standard InChI is InChI=1S/C15H27O2Si.3C4H9.Sn/c1-6-15(5)12-13(16)10-11-14(15)17-18(7-2,8-3)9-4;3*1-3-4-2;/h1,6,14H,7-12H2,2-5H3;3*1,3-4H2,2H3;/t14-,15+;;;;/m1..../s1. The van der Waals surface area contributed by atoms with Gasteiger partial charge in [-0.25, -0.2) is 0 Å². The predicted octanol–water partition coefficient (Wildman–Crippen LogP) is 9.08. The molecular formula is C27H54O2SiSn. The Morgan fingerprint density at radius 1 is 0.935 bits per heavy atom. The van der Waals surface area contributed by atoms with Crippen molar-refractivity contribution in [2.24, 2.45) is 5.41 Å². The van der Waals surface area contributed by atoms with Crippen LogP contribution in [0.1, 0.15) is 106 Å². The Bertz CT molecular complexity index is 513. The molecule has 1 aliphatic carbocycles. The molecule has 1 rings (SSSR count). The van der Waals surface area contributed by atoms with Crippen molar-refractivity contribution in [3.05, 3.63) is 10.2 Å². The third kappa shape index (κ3) is 8.92. The van der Waals surface area contributed by atoms with E-state index in [1.807, 2.05) is 0 Å². The average Bonchev–Trinajstić information content (AvgIpc) is 2.78. The summed E-state index contributed by atoms with van der Waals surface area (Å²) in [4.78, 5) is 12.6. The molecule has 0 N–H and O–H groups in total. The van der Waals surface area contributed by atoms with E-state index in [0.717, 1.165) is 6.42 Å². The third-order valence-electron chi connectivity index (χ3n) is 8.23. The number of ketones is 1. The van der Waals surface area contributed by atoms with Gasteiger partial charge in [0.15, 0.2) is 0 Å². The Balaban J connectivity index is 3.24. The van der Waals surface area contributed by atoms with Crippen molar-refractivity contribution < 1.29 is 9.22 Å². The number of carbonyl (C=O) groups excluding carboxylic acids is 1. The van der Waals surface area contributed by atoms with Crippen LogP contribution in [0.3, 0.4) is 0 Å². The summed E-state index contributed by atoms with van der Waals surface area (Å²) in [5.41, 5.74) is -0.0973. The van der Waals surface area contributed by atoms with Gasteiger partial charge in [-0.3, -0.25) is 0 Å². The fraction of sp³-hybridized carbons (Fsp3) is 0.889. The van der Waals surface area contributed by atoms with Crippen molar-refractivity contribution in [1.82, 2.24) is 0 Å². The van der Waals surface area contributed by atoms with Gasteiger partial charge in [-0.2, -0.15) is 0 Å². The van der Waals surface area contributed by atoms with Crippen LogP contribution < -0.4 is 0 Å². The van der Waals surface area contributed by atoms with E-state index in [4.69, 9.17) is 4.43 Å². The summed E-state index contributed by atoms with van der Waals surface area (Å²) >= 11 is -2.36. The second-order valence-corrected chi connectivity index (χ2v) is 28.3. The van der Waals surface area contributed by atoms with Crippen LogP contribution in [0.15, 0.2) is 10.2 Å². The fourth-order valence-electron chi connectivity index (χ4n) is 5.49. The zero-order valence-corrected chi connectivity index (χ0v) is 26.0. The molecular weight excluding hydrogens is 503 g/mol. The first-order valence-corrected chi connectivity index (χ1v) is 23.9. The molecule has 182 valence electrons. The van der Waals surface area contributed by atoms with E-state index < -0.39 is 26.7 Å². The van der Waals surface area contributed by atoms with E-state index in [-0.39, 0.29) is 11.5 Å². The van der Waals surface area contributed by atoms with Crippen LogP contribution in [-0.4, -0.2) is 38.6 Å². The van der Waals surface area contributed by atoms with Crippen molar-refractivity contribution in [1.29, 1.82) is 0 Å². The van der Waals surface area contributed by atoms with Crippen LogP contribution in [0.4, 0.5) is 0 Å². The van der Waals surface area contributed by atoms with Crippen molar-refractivity contribution in [3.63, 3.8) is 0 Å². The molecule has 0 aliphatic heterocycles. The van der Waals surface area contributed by atoms with Crippen molar-refractivity contribution in [2.45, 2.75) is 144 Å². The van der Waals surface area contributed by atoms with E-state index in [1.54, 1.807) is 0 Å². The Morgan fingerprint density at radius 2 is 1.42 bits per heavy atom. The molecule has 0 saturated heterocycles. The van der Waals surface area contributed by atoms with E-state index >= 15 is 0 Å². The molecule has 0 aromatic rings. The summed E-state index contributed by atoms with van der Waals surface area (Å²) in [5, 5.41) is 0. The van der Waals surface area contributed by atoms with Gasteiger partial charge in [0, 0.05) is 0 Å². The van der Waals surface area contributed by atoms with Crippen LogP contribution in [0, 0.1) is 5.41 Å². The monoisotopic (exact) mass is 558 g/mol. The molecule has 0 aromatic heterocycles. The van der Waals surface area contributed by atoms with Crippen LogP contribution in [0.5, 0.6) is 0 Å². The second-order valence-electron chi connectivity index (χ2n) is 10.6. The van der Waals surface area contributed by atoms with Crippen molar-refractivity contribution in [3.8, 4) is 0 Å². The Hall–Kier alpha value is 0.386. The molecule has 2 atom stereocenters. The molecule has 0 aromatic carbocycles. The molecule has 1 fully saturated rings. The van der Waals surface area contributed by atoms with Gasteiger partial charge in [0.2, 0.25) is 0 Å². The van der Waals surface area contributed by atoms with E-state index in [2.05, 4.69) is 58.6 Å². The Morgan fingerprint density at radius 3 is 1.84 bits per heavy atom. The van der Waals surface area contributed by atoms with Crippen LogP contribution in [0.25, 0.3) is 0 Å². The fourth-order valence-corrected chi connectivity index (χ4v) is 23.2. The summed E-state index contributed by atoms with van der Waals surface area (Å²) < 4.78 is 14.3. The summed E-state index contributed by atoms with van der Waals surface area (Å²) in [6.07, 6.45) is 13.2. The van der Waals surface area contributed by atoms with E-state index in [0.29, 0.717) is 18.6 Å². The quantitative estimate of drug-likeness (QED) is 0.177. The SMILES string of the molecule is CCC[CH2][Sn](/[CH]=C/[C@@]1(C)CC(=O)CC[C@H]1O[Si](CC)(CC)CC)([CH2]CCC)[CH2]CCC. The number of hydrogen-bond acceptors (Lipinski definition) is 2. The van der Waals surface area contributed by atoms with Crippen LogP contribution >= 0.6 is 0 Å². The molecule has 0 amide bonds. The maximum absolute atomic E-state index is 12.6. The number of unbranched alkanes of at least 4 members (excludes halogenated alkanes) is 3. The minimum atomic E-state index is -2.36. The minimum absolute atomic E-state index is 0.0973. The summed E-state index contributed by atoms with van der Waals surface area (Å²) in [6, 6.07) is 3.57. The first-order chi connectivity index (χ1) is 14.8. The van der Waals surface area contributed by atoms with Crippen LogP contribution in [0.2, 0.25) is 31.4 Å². The van der Waals surface area contributed by atoms with Gasteiger partial charge in [-0.15, -0.1) is 0 Å². The van der Waals surface area contributed by atoms with Gasteiger partial charge < -0.3 is 0 Å². The van der Waals surface area contributed by atoms with Gasteiger partial charge >= 0.3 is 201 Å². The van der Waals surface area contributed by atoms with Gasteiger partial charge in [0.05, 0.1) is 0 Å². The number of Topliss-reactive ketones (excluding diaryl/α,β-unsaturated/α-hetero) is 1. The maximum atomic E-state index is 12.6. The van der Waals surface area contributed by atoms with Gasteiger partial charge in [-0.05, 0) is 0 Å². The number of carbonyl (C=O) groups is 1. The number of rotatable bonds is 16. The van der Waals surface area contributed by atoms with E-state index in [1.165, 1.54) is 70.0 Å². The molecule has 1 saturated carbocycles. The molecule has 0 unspecified atom stereocenters. The topological polar surface area (TPSA) is 26.3 Å². The summed E-state index contributed by atoms with van der Waals surface area (Å²) in [7, 11) is -1.68.